The van der Waals surface area contributed by atoms with E-state index in [1.807, 2.05) is 20.8 Å². The van der Waals surface area contributed by atoms with Gasteiger partial charge >= 0.3 is 0 Å². The number of rotatable bonds is 3. The molecule has 1 saturated heterocycles. The second-order valence-corrected chi connectivity index (χ2v) is 8.26. The van der Waals surface area contributed by atoms with Crippen LogP contribution < -0.4 is 0 Å². The van der Waals surface area contributed by atoms with Crippen LogP contribution in [0, 0.1) is 12.3 Å². The van der Waals surface area contributed by atoms with Gasteiger partial charge in [-0.3, -0.25) is 0 Å². The summed E-state index contributed by atoms with van der Waals surface area (Å²) in [6.45, 7) is 5.71. The van der Waals surface area contributed by atoms with Crippen molar-refractivity contribution in [1.82, 2.24) is 4.31 Å². The zero-order valence-electron chi connectivity index (χ0n) is 12.3. The van der Waals surface area contributed by atoms with Gasteiger partial charge in [-0.1, -0.05) is 31.5 Å². The molecule has 0 aliphatic carbocycles. The number of benzene rings is 1. The minimum atomic E-state index is -3.62. The maximum atomic E-state index is 13.2. The Morgan fingerprint density at radius 2 is 1.90 bits per heavy atom. The van der Waals surface area contributed by atoms with Crippen LogP contribution in [0.3, 0.4) is 0 Å². The van der Waals surface area contributed by atoms with E-state index in [4.69, 9.17) is 0 Å². The lowest BCUT2D eigenvalue weighted by molar-refractivity contribution is 0.117. The molecule has 1 unspecified atom stereocenters. The predicted octanol–water partition coefficient (Wildman–Crippen LogP) is 3.14. The molecule has 0 amide bonds. The number of hydrogen-bond acceptors (Lipinski definition) is 2. The van der Waals surface area contributed by atoms with Gasteiger partial charge in [0.2, 0.25) is 10.0 Å². The highest BCUT2D eigenvalue weighted by Crippen LogP contribution is 2.35. The molecular formula is C15H22FNO2S. The van der Waals surface area contributed by atoms with E-state index in [-0.39, 0.29) is 10.3 Å². The summed E-state index contributed by atoms with van der Waals surface area (Å²) in [5.74, 6) is 0. The minimum Gasteiger partial charge on any atom is -0.249 e. The van der Waals surface area contributed by atoms with Crippen LogP contribution in [0.1, 0.15) is 32.3 Å². The molecule has 1 aliphatic heterocycles. The summed E-state index contributed by atoms with van der Waals surface area (Å²) < 4.78 is 40.0. The molecule has 0 spiro atoms. The second-order valence-electron chi connectivity index (χ2n) is 6.37. The largest absolute Gasteiger partial charge is 0.249 e. The average molecular weight is 299 g/mol. The van der Waals surface area contributed by atoms with Crippen LogP contribution in [-0.2, 0) is 10.0 Å². The third-order valence-corrected chi connectivity index (χ3v) is 5.86. The molecule has 5 heteroatoms. The van der Waals surface area contributed by atoms with Gasteiger partial charge in [0.05, 0.1) is 10.9 Å². The highest BCUT2D eigenvalue weighted by atomic mass is 32.2. The molecule has 3 nitrogen and oxygen atoms in total. The predicted molar refractivity (Wildman–Crippen MR) is 77.8 cm³/mol. The highest BCUT2D eigenvalue weighted by molar-refractivity contribution is 7.89. The van der Waals surface area contributed by atoms with Crippen LogP contribution in [0.5, 0.6) is 0 Å². The maximum Gasteiger partial charge on any atom is 0.243 e. The van der Waals surface area contributed by atoms with Crippen molar-refractivity contribution in [2.24, 2.45) is 5.41 Å². The molecule has 1 aromatic carbocycles. The molecule has 0 aromatic heterocycles. The van der Waals surface area contributed by atoms with Gasteiger partial charge in [-0.2, -0.15) is 4.31 Å². The summed E-state index contributed by atoms with van der Waals surface area (Å²) in [6, 6.07) is 6.21. The third kappa shape index (κ3) is 3.04. The molecule has 0 N–H and O–H groups in total. The van der Waals surface area contributed by atoms with Gasteiger partial charge in [-0.05, 0) is 37.3 Å². The molecule has 1 atom stereocenters. The quantitative estimate of drug-likeness (QED) is 0.860. The zero-order chi connectivity index (χ0) is 15.0. The molecule has 20 heavy (non-hydrogen) atoms. The van der Waals surface area contributed by atoms with Gasteiger partial charge in [0.1, 0.15) is 6.67 Å². The van der Waals surface area contributed by atoms with Crippen molar-refractivity contribution in [3.63, 3.8) is 0 Å². The average Bonchev–Trinajstić information content (AvgIpc) is 2.38. The van der Waals surface area contributed by atoms with Gasteiger partial charge in [0, 0.05) is 6.54 Å². The molecule has 2 rings (SSSR count). The fourth-order valence-electron chi connectivity index (χ4n) is 2.61. The molecule has 1 aromatic rings. The maximum absolute atomic E-state index is 13.2. The van der Waals surface area contributed by atoms with E-state index in [0.29, 0.717) is 13.0 Å². The van der Waals surface area contributed by atoms with Crippen molar-refractivity contribution in [3.05, 3.63) is 29.8 Å². The molecule has 0 bridgehead atoms. The Kier molecular flexibility index (Phi) is 4.21. The van der Waals surface area contributed by atoms with E-state index in [1.54, 1.807) is 24.3 Å². The number of piperidine rings is 1. The number of sulfonamides is 1. The number of hydrogen-bond donors (Lipinski definition) is 0. The number of nitrogens with zero attached hydrogens (tertiary/aromatic N) is 1. The van der Waals surface area contributed by atoms with Crippen LogP contribution in [0.2, 0.25) is 0 Å². The SMILES string of the molecule is Cc1ccc(S(=O)(=O)N2CC(C)(C)CCC2CF)cc1. The summed E-state index contributed by atoms with van der Waals surface area (Å²) in [5, 5.41) is 0. The number of aryl methyl sites for hydroxylation is 1. The topological polar surface area (TPSA) is 37.4 Å². The monoisotopic (exact) mass is 299 g/mol. The van der Waals surface area contributed by atoms with Crippen molar-refractivity contribution in [2.45, 2.75) is 44.6 Å². The van der Waals surface area contributed by atoms with Crippen LogP contribution in [0.25, 0.3) is 0 Å². The minimum absolute atomic E-state index is 0.108. The van der Waals surface area contributed by atoms with Crippen molar-refractivity contribution in [3.8, 4) is 0 Å². The smallest absolute Gasteiger partial charge is 0.243 e. The molecule has 1 aliphatic rings. The fourth-order valence-corrected chi connectivity index (χ4v) is 4.44. The van der Waals surface area contributed by atoms with E-state index in [2.05, 4.69) is 0 Å². The molecule has 112 valence electrons. The highest BCUT2D eigenvalue weighted by Gasteiger charge is 2.40. The van der Waals surface area contributed by atoms with Crippen molar-refractivity contribution in [2.75, 3.05) is 13.2 Å². The molecule has 0 radical (unpaired) electrons. The first-order chi connectivity index (χ1) is 9.26. The first-order valence-electron chi connectivity index (χ1n) is 6.91. The first-order valence-corrected chi connectivity index (χ1v) is 8.35. The summed E-state index contributed by atoms with van der Waals surface area (Å²) in [5.41, 5.74) is 0.897. The van der Waals surface area contributed by atoms with E-state index in [9.17, 15) is 12.8 Å². The summed E-state index contributed by atoms with van der Waals surface area (Å²) in [4.78, 5) is 0.249. The fraction of sp³-hybridized carbons (Fsp3) is 0.600. The van der Waals surface area contributed by atoms with Crippen LogP contribution in [-0.4, -0.2) is 32.0 Å². The number of alkyl halides is 1. The number of halogens is 1. The van der Waals surface area contributed by atoms with E-state index >= 15 is 0 Å². The Bertz CT molecular complexity index is 566. The summed E-state index contributed by atoms with van der Waals surface area (Å²) >= 11 is 0. The van der Waals surface area contributed by atoms with E-state index < -0.39 is 22.7 Å². The lowest BCUT2D eigenvalue weighted by Gasteiger charge is -2.41. The lowest BCUT2D eigenvalue weighted by atomic mass is 9.83. The van der Waals surface area contributed by atoms with E-state index in [0.717, 1.165) is 12.0 Å². The Labute approximate surface area is 120 Å². The third-order valence-electron chi connectivity index (χ3n) is 3.95. The van der Waals surface area contributed by atoms with Crippen molar-refractivity contribution < 1.29 is 12.8 Å². The van der Waals surface area contributed by atoms with Crippen LogP contribution in [0.15, 0.2) is 29.2 Å². The Morgan fingerprint density at radius 3 is 2.45 bits per heavy atom. The van der Waals surface area contributed by atoms with Gasteiger partial charge < -0.3 is 0 Å². The van der Waals surface area contributed by atoms with Gasteiger partial charge in [-0.25, -0.2) is 12.8 Å². The van der Waals surface area contributed by atoms with Crippen LogP contribution >= 0.6 is 0 Å². The van der Waals surface area contributed by atoms with Gasteiger partial charge in [0.15, 0.2) is 0 Å². The van der Waals surface area contributed by atoms with Gasteiger partial charge in [0.25, 0.3) is 0 Å². The Balaban J connectivity index is 2.37. The molecule has 1 heterocycles. The Morgan fingerprint density at radius 1 is 1.30 bits per heavy atom. The Hall–Kier alpha value is -0.940. The molecule has 0 saturated carbocycles. The summed E-state index contributed by atoms with van der Waals surface area (Å²) in [7, 11) is -3.62. The zero-order valence-corrected chi connectivity index (χ0v) is 13.1. The summed E-state index contributed by atoms with van der Waals surface area (Å²) in [6.07, 6.45) is 1.43. The first kappa shape index (κ1) is 15.4. The van der Waals surface area contributed by atoms with Crippen molar-refractivity contribution in [1.29, 1.82) is 0 Å². The van der Waals surface area contributed by atoms with Gasteiger partial charge in [-0.15, -0.1) is 0 Å². The lowest BCUT2D eigenvalue weighted by Crippen LogP contribution is -2.50. The standard InChI is InChI=1S/C15H22FNO2S/c1-12-4-6-14(7-5-12)20(18,19)17-11-15(2,3)9-8-13(17)10-16/h4-7,13H,8-11H2,1-3H3. The normalized spacial score (nSPS) is 23.7. The van der Waals surface area contributed by atoms with Crippen LogP contribution in [0.4, 0.5) is 4.39 Å². The molecule has 1 fully saturated rings. The van der Waals surface area contributed by atoms with Crippen molar-refractivity contribution >= 4 is 10.0 Å². The van der Waals surface area contributed by atoms with E-state index in [1.165, 1.54) is 4.31 Å². The second kappa shape index (κ2) is 5.45. The molecular weight excluding hydrogens is 277 g/mol.